The lowest BCUT2D eigenvalue weighted by Gasteiger charge is -2.27. The smallest absolute Gasteiger partial charge is 0.252 e. The summed E-state index contributed by atoms with van der Waals surface area (Å²) in [6.07, 6.45) is -0.280. The summed E-state index contributed by atoms with van der Waals surface area (Å²) in [5, 5.41) is 0.823. The highest BCUT2D eigenvalue weighted by Gasteiger charge is 2.47. The largest absolute Gasteiger partial charge is 0.274 e. The number of hydrogen-bond acceptors (Lipinski definition) is 4. The predicted octanol–water partition coefficient (Wildman–Crippen LogP) is 4.52. The number of carbonyl (C=O) groups excluding carboxylic acids is 2. The van der Waals surface area contributed by atoms with Crippen molar-refractivity contribution in [2.45, 2.75) is 23.9 Å². The predicted molar refractivity (Wildman–Crippen MR) is 123 cm³/mol. The highest BCUT2D eigenvalue weighted by molar-refractivity contribution is 7.89. The van der Waals surface area contributed by atoms with Crippen LogP contribution in [0.5, 0.6) is 0 Å². The van der Waals surface area contributed by atoms with Gasteiger partial charge in [-0.3, -0.25) is 9.59 Å². The van der Waals surface area contributed by atoms with Crippen molar-refractivity contribution in [3.8, 4) is 0 Å². The monoisotopic (exact) mass is 488 g/mol. The van der Waals surface area contributed by atoms with E-state index in [0.717, 1.165) is 9.21 Å². The third-order valence-corrected chi connectivity index (χ3v) is 7.68. The topological polar surface area (TPSA) is 74.8 Å². The summed E-state index contributed by atoms with van der Waals surface area (Å²) in [5.41, 5.74) is 0.862. The fourth-order valence-electron chi connectivity index (χ4n) is 3.59. The van der Waals surface area contributed by atoms with Gasteiger partial charge >= 0.3 is 0 Å². The SMILES string of the molecule is O=C1CC(N(Cc2ccccc2Cl)S(=O)(=O)c2ccccc2)C(=O)N1c1ccc(Cl)cc1. The minimum Gasteiger partial charge on any atom is -0.274 e. The minimum absolute atomic E-state index is 0.0252. The number of nitrogens with zero attached hydrogens (tertiary/aromatic N) is 2. The number of hydrogen-bond donors (Lipinski definition) is 0. The van der Waals surface area contributed by atoms with Gasteiger partial charge in [-0.1, -0.05) is 59.6 Å². The molecule has 1 heterocycles. The van der Waals surface area contributed by atoms with Crippen molar-refractivity contribution >= 4 is 50.7 Å². The molecule has 1 atom stereocenters. The van der Waals surface area contributed by atoms with Crippen LogP contribution in [0.15, 0.2) is 83.8 Å². The van der Waals surface area contributed by atoms with E-state index in [0.29, 0.717) is 21.3 Å². The summed E-state index contributed by atoms with van der Waals surface area (Å²) >= 11 is 12.2. The zero-order chi connectivity index (χ0) is 22.9. The molecule has 0 aromatic heterocycles. The molecule has 32 heavy (non-hydrogen) atoms. The molecule has 0 radical (unpaired) electrons. The van der Waals surface area contributed by atoms with Crippen LogP contribution in [0.1, 0.15) is 12.0 Å². The quantitative estimate of drug-likeness (QED) is 0.478. The third kappa shape index (κ3) is 4.29. The number of carbonyl (C=O) groups is 2. The molecule has 6 nitrogen and oxygen atoms in total. The summed E-state index contributed by atoms with van der Waals surface area (Å²) in [4.78, 5) is 27.1. The molecule has 0 bridgehead atoms. The Morgan fingerprint density at radius 2 is 1.50 bits per heavy atom. The summed E-state index contributed by atoms with van der Waals surface area (Å²) in [6, 6.07) is 19.6. The van der Waals surface area contributed by atoms with Gasteiger partial charge in [-0.2, -0.15) is 4.31 Å². The van der Waals surface area contributed by atoms with Crippen molar-refractivity contribution < 1.29 is 18.0 Å². The maximum atomic E-state index is 13.6. The molecule has 0 saturated carbocycles. The second-order valence-electron chi connectivity index (χ2n) is 7.22. The normalized spacial score (nSPS) is 16.7. The number of amides is 2. The molecule has 0 N–H and O–H groups in total. The summed E-state index contributed by atoms with van der Waals surface area (Å²) in [7, 11) is -4.11. The van der Waals surface area contributed by atoms with Gasteiger partial charge in [0.1, 0.15) is 6.04 Å². The number of imide groups is 1. The van der Waals surface area contributed by atoms with Gasteiger partial charge in [0.15, 0.2) is 0 Å². The fraction of sp³-hybridized carbons (Fsp3) is 0.130. The molecule has 2 amide bonds. The van der Waals surface area contributed by atoms with Crippen molar-refractivity contribution in [2.75, 3.05) is 4.90 Å². The van der Waals surface area contributed by atoms with E-state index < -0.39 is 27.9 Å². The highest BCUT2D eigenvalue weighted by atomic mass is 35.5. The maximum absolute atomic E-state index is 13.6. The van der Waals surface area contributed by atoms with E-state index in [1.807, 2.05) is 0 Å². The first-order valence-electron chi connectivity index (χ1n) is 9.71. The molecule has 1 unspecified atom stereocenters. The number of rotatable bonds is 6. The maximum Gasteiger partial charge on any atom is 0.252 e. The Hall–Kier alpha value is -2.71. The van der Waals surface area contributed by atoms with E-state index in [9.17, 15) is 18.0 Å². The van der Waals surface area contributed by atoms with E-state index in [4.69, 9.17) is 23.2 Å². The number of benzene rings is 3. The van der Waals surface area contributed by atoms with E-state index in [-0.39, 0.29) is 17.9 Å². The summed E-state index contributed by atoms with van der Waals surface area (Å²) in [5.74, 6) is -1.11. The Labute approximate surface area is 196 Å². The van der Waals surface area contributed by atoms with Gasteiger partial charge in [-0.25, -0.2) is 13.3 Å². The zero-order valence-electron chi connectivity index (χ0n) is 16.7. The molecule has 4 rings (SSSR count). The molecule has 3 aromatic carbocycles. The lowest BCUT2D eigenvalue weighted by molar-refractivity contribution is -0.122. The van der Waals surface area contributed by atoms with Crippen LogP contribution in [-0.4, -0.2) is 30.6 Å². The van der Waals surface area contributed by atoms with Crippen molar-refractivity contribution in [1.29, 1.82) is 0 Å². The van der Waals surface area contributed by atoms with Crippen molar-refractivity contribution in [2.24, 2.45) is 0 Å². The zero-order valence-corrected chi connectivity index (χ0v) is 19.0. The second kappa shape index (κ2) is 9.03. The van der Waals surface area contributed by atoms with Crippen LogP contribution < -0.4 is 4.90 Å². The van der Waals surface area contributed by atoms with Crippen LogP contribution >= 0.6 is 23.2 Å². The number of anilines is 1. The van der Waals surface area contributed by atoms with Crippen molar-refractivity contribution in [3.05, 3.63) is 94.5 Å². The fourth-order valence-corrected chi connectivity index (χ4v) is 5.49. The molecule has 164 valence electrons. The molecule has 1 fully saturated rings. The van der Waals surface area contributed by atoms with Gasteiger partial charge in [0, 0.05) is 16.6 Å². The van der Waals surface area contributed by atoms with Gasteiger partial charge in [-0.05, 0) is 48.0 Å². The molecular weight excluding hydrogens is 471 g/mol. The minimum atomic E-state index is -4.11. The molecule has 1 saturated heterocycles. The molecule has 9 heteroatoms. The highest BCUT2D eigenvalue weighted by Crippen LogP contribution is 2.32. The average molecular weight is 489 g/mol. The van der Waals surface area contributed by atoms with Crippen molar-refractivity contribution in [1.82, 2.24) is 4.31 Å². The Morgan fingerprint density at radius 1 is 0.875 bits per heavy atom. The Bertz CT molecular complexity index is 1260. The molecule has 3 aromatic rings. The van der Waals surface area contributed by atoms with Crippen LogP contribution in [0.3, 0.4) is 0 Å². The molecule has 1 aliphatic heterocycles. The van der Waals surface area contributed by atoms with Crippen molar-refractivity contribution in [3.63, 3.8) is 0 Å². The number of sulfonamides is 1. The van der Waals surface area contributed by atoms with Crippen LogP contribution in [-0.2, 0) is 26.2 Å². The standard InChI is InChI=1S/C23H18Cl2N2O4S/c24-17-10-12-18(13-11-17)27-22(28)14-21(23(27)29)26(15-16-6-4-5-9-20(16)25)32(30,31)19-7-2-1-3-8-19/h1-13,21H,14-15H2. The molecule has 0 spiro atoms. The van der Waals surface area contributed by atoms with E-state index in [1.54, 1.807) is 66.7 Å². The van der Waals surface area contributed by atoms with Crippen LogP contribution in [0.2, 0.25) is 10.0 Å². The Balaban J connectivity index is 1.76. The van der Waals surface area contributed by atoms with Gasteiger partial charge < -0.3 is 0 Å². The Morgan fingerprint density at radius 3 is 2.16 bits per heavy atom. The number of halogens is 2. The molecular formula is C23H18Cl2N2O4S. The Kier molecular flexibility index (Phi) is 6.35. The van der Waals surface area contributed by atoms with Gasteiger partial charge in [0.05, 0.1) is 17.0 Å². The van der Waals surface area contributed by atoms with Gasteiger partial charge in [-0.15, -0.1) is 0 Å². The van der Waals surface area contributed by atoms with E-state index >= 15 is 0 Å². The van der Waals surface area contributed by atoms with Gasteiger partial charge in [0.2, 0.25) is 15.9 Å². The average Bonchev–Trinajstić information content (AvgIpc) is 3.08. The first kappa shape index (κ1) is 22.5. The lowest BCUT2D eigenvalue weighted by atomic mass is 10.2. The molecule has 1 aliphatic rings. The summed E-state index contributed by atoms with van der Waals surface area (Å²) in [6.45, 7) is -0.158. The van der Waals surface area contributed by atoms with Crippen LogP contribution in [0.4, 0.5) is 5.69 Å². The molecule has 0 aliphatic carbocycles. The van der Waals surface area contributed by atoms with Crippen LogP contribution in [0.25, 0.3) is 0 Å². The third-order valence-electron chi connectivity index (χ3n) is 5.19. The van der Waals surface area contributed by atoms with Crippen LogP contribution in [0, 0.1) is 0 Å². The van der Waals surface area contributed by atoms with E-state index in [1.165, 1.54) is 12.1 Å². The summed E-state index contributed by atoms with van der Waals surface area (Å²) < 4.78 is 28.2. The lowest BCUT2D eigenvalue weighted by Crippen LogP contribution is -2.45. The first-order valence-corrected chi connectivity index (χ1v) is 11.9. The van der Waals surface area contributed by atoms with Gasteiger partial charge in [0.25, 0.3) is 5.91 Å². The first-order chi connectivity index (χ1) is 15.3. The van der Waals surface area contributed by atoms with E-state index in [2.05, 4.69) is 0 Å². The second-order valence-corrected chi connectivity index (χ2v) is 9.95.